The van der Waals surface area contributed by atoms with Crippen LogP contribution in [0.1, 0.15) is 16.3 Å². The predicted molar refractivity (Wildman–Crippen MR) is 95.7 cm³/mol. The van der Waals surface area contributed by atoms with Crippen molar-refractivity contribution >= 4 is 23.4 Å². The highest BCUT2D eigenvalue weighted by Crippen LogP contribution is 2.19. The fourth-order valence-corrected chi connectivity index (χ4v) is 2.52. The maximum Gasteiger partial charge on any atom is 0.291 e. The number of para-hydroxylation sites is 1. The molecule has 2 aromatic carbocycles. The highest BCUT2D eigenvalue weighted by molar-refractivity contribution is 7.98. The summed E-state index contributed by atoms with van der Waals surface area (Å²) in [7, 11) is 0. The number of benzene rings is 2. The van der Waals surface area contributed by atoms with Crippen molar-refractivity contribution in [3.8, 4) is 5.75 Å². The Balaban J connectivity index is 1.58. The zero-order valence-electron chi connectivity index (χ0n) is 13.2. The molecular formula is C19H17NO3S. The quantitative estimate of drug-likeness (QED) is 0.653. The van der Waals surface area contributed by atoms with Crippen molar-refractivity contribution in [2.24, 2.45) is 0 Å². The number of carbonyl (C=O) groups excluding carboxylic acids is 1. The summed E-state index contributed by atoms with van der Waals surface area (Å²) in [5.41, 5.74) is 0.733. The number of anilines is 1. The third kappa shape index (κ3) is 4.20. The molecule has 0 spiro atoms. The average molecular weight is 339 g/mol. The fraction of sp³-hybridized carbons (Fsp3) is 0.105. The Hall–Kier alpha value is -2.66. The lowest BCUT2D eigenvalue weighted by atomic mass is 10.3. The summed E-state index contributed by atoms with van der Waals surface area (Å²) in [5, 5.41) is 2.81. The molecular weight excluding hydrogens is 322 g/mol. The van der Waals surface area contributed by atoms with Crippen LogP contribution < -0.4 is 10.1 Å². The van der Waals surface area contributed by atoms with Crippen molar-refractivity contribution < 1.29 is 13.9 Å². The van der Waals surface area contributed by atoms with E-state index in [2.05, 4.69) is 5.32 Å². The summed E-state index contributed by atoms with van der Waals surface area (Å²) in [6.07, 6.45) is 2.01. The maximum atomic E-state index is 12.2. The molecule has 0 aliphatic heterocycles. The van der Waals surface area contributed by atoms with E-state index in [9.17, 15) is 4.79 Å². The van der Waals surface area contributed by atoms with Crippen molar-refractivity contribution in [1.82, 2.24) is 0 Å². The van der Waals surface area contributed by atoms with Gasteiger partial charge in [-0.1, -0.05) is 18.2 Å². The zero-order valence-corrected chi connectivity index (χ0v) is 14.0. The first-order valence-electron chi connectivity index (χ1n) is 7.46. The molecule has 0 fully saturated rings. The number of hydrogen-bond donors (Lipinski definition) is 1. The third-order valence-electron chi connectivity index (χ3n) is 3.36. The fourth-order valence-electron chi connectivity index (χ4n) is 2.12. The molecule has 5 heteroatoms. The van der Waals surface area contributed by atoms with Gasteiger partial charge in [-0.05, 0) is 54.8 Å². The Labute approximate surface area is 144 Å². The summed E-state index contributed by atoms with van der Waals surface area (Å²) in [6, 6.07) is 20.5. The number of carbonyl (C=O) groups is 1. The van der Waals surface area contributed by atoms with Gasteiger partial charge in [-0.15, -0.1) is 11.8 Å². The van der Waals surface area contributed by atoms with Crippen LogP contribution in [0.2, 0.25) is 0 Å². The highest BCUT2D eigenvalue weighted by Gasteiger charge is 2.12. The van der Waals surface area contributed by atoms with Gasteiger partial charge in [0.1, 0.15) is 18.1 Å². The second-order valence-electron chi connectivity index (χ2n) is 5.05. The van der Waals surface area contributed by atoms with E-state index in [4.69, 9.17) is 9.15 Å². The molecule has 0 bridgehead atoms. The lowest BCUT2D eigenvalue weighted by Gasteiger charge is -2.05. The van der Waals surface area contributed by atoms with Gasteiger partial charge >= 0.3 is 0 Å². The van der Waals surface area contributed by atoms with Crippen LogP contribution in [-0.4, -0.2) is 12.2 Å². The lowest BCUT2D eigenvalue weighted by Crippen LogP contribution is -2.10. The molecule has 1 aromatic heterocycles. The predicted octanol–water partition coefficient (Wildman–Crippen LogP) is 4.83. The van der Waals surface area contributed by atoms with E-state index in [0.29, 0.717) is 5.76 Å². The van der Waals surface area contributed by atoms with Gasteiger partial charge in [-0.3, -0.25) is 4.79 Å². The van der Waals surface area contributed by atoms with E-state index in [1.165, 1.54) is 0 Å². The molecule has 0 aliphatic rings. The lowest BCUT2D eigenvalue weighted by molar-refractivity contribution is 0.0992. The van der Waals surface area contributed by atoms with E-state index in [1.807, 2.05) is 60.9 Å². The van der Waals surface area contributed by atoms with Crippen molar-refractivity contribution in [3.05, 3.63) is 78.3 Å². The molecule has 0 radical (unpaired) electrons. The molecule has 4 nitrogen and oxygen atoms in total. The maximum absolute atomic E-state index is 12.2. The van der Waals surface area contributed by atoms with Crippen molar-refractivity contribution in [3.63, 3.8) is 0 Å². The number of thioether (sulfide) groups is 1. The number of nitrogens with one attached hydrogen (secondary N) is 1. The van der Waals surface area contributed by atoms with Crippen LogP contribution in [0.3, 0.4) is 0 Å². The first-order chi connectivity index (χ1) is 11.7. The molecule has 3 aromatic rings. The number of ether oxygens (including phenoxy) is 1. The Bertz CT molecular complexity index is 797. The molecule has 122 valence electrons. The van der Waals surface area contributed by atoms with Gasteiger partial charge in [0.15, 0.2) is 5.76 Å². The molecule has 24 heavy (non-hydrogen) atoms. The van der Waals surface area contributed by atoms with Crippen LogP contribution in [-0.2, 0) is 6.61 Å². The van der Waals surface area contributed by atoms with Crippen LogP contribution in [0.4, 0.5) is 5.69 Å². The molecule has 1 N–H and O–H groups in total. The SMILES string of the molecule is CSc1ccc(NC(=O)c2ccc(COc3ccccc3)o2)cc1. The van der Waals surface area contributed by atoms with Gasteiger partial charge in [0, 0.05) is 10.6 Å². The minimum absolute atomic E-state index is 0.260. The van der Waals surface area contributed by atoms with Crippen LogP contribution in [0.15, 0.2) is 76.0 Å². The summed E-state index contributed by atoms with van der Waals surface area (Å²) < 4.78 is 11.1. The highest BCUT2D eigenvalue weighted by atomic mass is 32.2. The van der Waals surface area contributed by atoms with E-state index >= 15 is 0 Å². The van der Waals surface area contributed by atoms with Crippen LogP contribution in [0.25, 0.3) is 0 Å². The van der Waals surface area contributed by atoms with Gasteiger partial charge in [0.2, 0.25) is 0 Å². The average Bonchev–Trinajstić information content (AvgIpc) is 3.11. The van der Waals surface area contributed by atoms with Gasteiger partial charge in [-0.2, -0.15) is 0 Å². The van der Waals surface area contributed by atoms with Crippen molar-refractivity contribution in [1.29, 1.82) is 0 Å². The van der Waals surface area contributed by atoms with Gasteiger partial charge in [0.05, 0.1) is 0 Å². The Kier molecular flexibility index (Phi) is 5.23. The molecule has 1 amide bonds. The standard InChI is InChI=1S/C19H17NO3S/c1-24-17-10-7-14(8-11-17)20-19(21)18-12-9-16(23-18)13-22-15-5-3-2-4-6-15/h2-12H,13H2,1H3,(H,20,21). The minimum Gasteiger partial charge on any atom is -0.486 e. The van der Waals surface area contributed by atoms with Crippen LogP contribution >= 0.6 is 11.8 Å². The largest absolute Gasteiger partial charge is 0.486 e. The zero-order chi connectivity index (χ0) is 16.8. The normalized spacial score (nSPS) is 10.4. The van der Waals surface area contributed by atoms with E-state index < -0.39 is 0 Å². The van der Waals surface area contributed by atoms with Crippen LogP contribution in [0.5, 0.6) is 5.75 Å². The number of furan rings is 1. The third-order valence-corrected chi connectivity index (χ3v) is 4.10. The molecule has 0 aliphatic carbocycles. The second kappa shape index (κ2) is 7.75. The van der Waals surface area contributed by atoms with Crippen molar-refractivity contribution in [2.45, 2.75) is 11.5 Å². The molecule has 0 unspecified atom stereocenters. The van der Waals surface area contributed by atoms with E-state index in [-0.39, 0.29) is 18.3 Å². The Morgan fingerprint density at radius 2 is 1.79 bits per heavy atom. The Morgan fingerprint density at radius 3 is 2.50 bits per heavy atom. The molecule has 0 saturated heterocycles. The summed E-state index contributed by atoms with van der Waals surface area (Å²) in [6.45, 7) is 0.277. The summed E-state index contributed by atoms with van der Waals surface area (Å²) >= 11 is 1.65. The number of hydrogen-bond acceptors (Lipinski definition) is 4. The smallest absolute Gasteiger partial charge is 0.291 e. The summed E-state index contributed by atoms with van der Waals surface area (Å²) in [4.78, 5) is 13.4. The van der Waals surface area contributed by atoms with Crippen LogP contribution in [0, 0.1) is 0 Å². The van der Waals surface area contributed by atoms with Gasteiger partial charge < -0.3 is 14.5 Å². The number of rotatable bonds is 6. The summed E-state index contributed by atoms with van der Waals surface area (Å²) in [5.74, 6) is 1.34. The van der Waals surface area contributed by atoms with E-state index in [1.54, 1.807) is 23.9 Å². The Morgan fingerprint density at radius 1 is 1.04 bits per heavy atom. The monoisotopic (exact) mass is 339 g/mol. The molecule has 1 heterocycles. The minimum atomic E-state index is -0.280. The topological polar surface area (TPSA) is 51.5 Å². The second-order valence-corrected chi connectivity index (χ2v) is 5.93. The number of amides is 1. The first kappa shape index (κ1) is 16.2. The van der Waals surface area contributed by atoms with Gasteiger partial charge in [0.25, 0.3) is 5.91 Å². The molecule has 0 atom stereocenters. The first-order valence-corrected chi connectivity index (χ1v) is 8.69. The molecule has 3 rings (SSSR count). The van der Waals surface area contributed by atoms with Crippen molar-refractivity contribution in [2.75, 3.05) is 11.6 Å². The van der Waals surface area contributed by atoms with Gasteiger partial charge in [-0.25, -0.2) is 0 Å². The van der Waals surface area contributed by atoms with E-state index in [0.717, 1.165) is 16.3 Å². The molecule has 0 saturated carbocycles.